The smallest absolute Gasteiger partial charge is 0.473 e. The SMILES string of the molecule is [CH2-]CCCN[CH2-].[U+2]. The van der Waals surface area contributed by atoms with Gasteiger partial charge in [-0.05, 0) is 6.54 Å². The van der Waals surface area contributed by atoms with E-state index in [4.69, 9.17) is 0 Å². The number of hydrogen-bond acceptors (Lipinski definition) is 1. The van der Waals surface area contributed by atoms with Crippen molar-refractivity contribution in [3.05, 3.63) is 14.0 Å². The summed E-state index contributed by atoms with van der Waals surface area (Å²) in [4.78, 5) is 0. The van der Waals surface area contributed by atoms with Gasteiger partial charge in [-0.2, -0.15) is 6.42 Å². The molecule has 1 N–H and O–H groups in total. The van der Waals surface area contributed by atoms with Crippen LogP contribution < -0.4 is 5.32 Å². The molecular formula is C5H11NU. The topological polar surface area (TPSA) is 12.0 Å². The maximum absolute atomic E-state index is 3.66. The van der Waals surface area contributed by atoms with Crippen LogP contribution in [0.15, 0.2) is 0 Å². The van der Waals surface area contributed by atoms with Crippen molar-refractivity contribution in [2.75, 3.05) is 6.54 Å². The maximum Gasteiger partial charge on any atom is 2.00 e. The van der Waals surface area contributed by atoms with Crippen molar-refractivity contribution < 1.29 is 31.1 Å². The summed E-state index contributed by atoms with van der Waals surface area (Å²) in [5.74, 6) is 0. The second-order valence-corrected chi connectivity index (χ2v) is 1.21. The van der Waals surface area contributed by atoms with Gasteiger partial charge in [-0.3, -0.25) is 7.05 Å². The number of rotatable bonds is 3. The second-order valence-electron chi connectivity index (χ2n) is 1.21. The Kier molecular flexibility index (Phi) is 15.7. The summed E-state index contributed by atoms with van der Waals surface area (Å²) >= 11 is 0. The van der Waals surface area contributed by atoms with E-state index in [1.165, 1.54) is 0 Å². The first kappa shape index (κ1) is 10.9. The number of unbranched alkanes of at least 4 members (excludes halogenated alkanes) is 1. The van der Waals surface area contributed by atoms with Gasteiger partial charge in [0.25, 0.3) is 0 Å². The van der Waals surface area contributed by atoms with E-state index in [1.54, 1.807) is 0 Å². The van der Waals surface area contributed by atoms with E-state index in [9.17, 15) is 0 Å². The summed E-state index contributed by atoms with van der Waals surface area (Å²) < 4.78 is 0. The summed E-state index contributed by atoms with van der Waals surface area (Å²) in [7, 11) is 3.45. The van der Waals surface area contributed by atoms with E-state index in [-0.39, 0.29) is 31.1 Å². The molecular weight excluding hydrogens is 312 g/mol. The molecule has 0 bridgehead atoms. The van der Waals surface area contributed by atoms with Gasteiger partial charge in [0.15, 0.2) is 0 Å². The van der Waals surface area contributed by atoms with Crippen LogP contribution in [-0.4, -0.2) is 6.54 Å². The van der Waals surface area contributed by atoms with Crippen LogP contribution in [-0.2, 0) is 0 Å². The van der Waals surface area contributed by atoms with Gasteiger partial charge in [0.05, 0.1) is 0 Å². The van der Waals surface area contributed by atoms with Crippen LogP contribution in [0.3, 0.4) is 0 Å². The van der Waals surface area contributed by atoms with Crippen LogP contribution in [0.4, 0.5) is 0 Å². The molecule has 0 heterocycles. The molecule has 0 aliphatic carbocycles. The van der Waals surface area contributed by atoms with Crippen molar-refractivity contribution in [3.63, 3.8) is 0 Å². The third kappa shape index (κ3) is 10.9. The normalized spacial score (nSPS) is 7.71. The summed E-state index contributed by atoms with van der Waals surface area (Å²) in [5, 5.41) is 2.78. The van der Waals surface area contributed by atoms with Crippen LogP contribution in [0.25, 0.3) is 0 Å². The van der Waals surface area contributed by atoms with Gasteiger partial charge in [-0.1, -0.05) is 6.42 Å². The molecule has 0 amide bonds. The number of nitrogens with one attached hydrogen (secondary N) is 1. The molecule has 0 aliphatic rings. The fourth-order valence-electron chi connectivity index (χ4n) is 0.250. The molecule has 0 saturated heterocycles. The van der Waals surface area contributed by atoms with Crippen LogP contribution >= 0.6 is 0 Å². The molecule has 1 nitrogen and oxygen atoms in total. The van der Waals surface area contributed by atoms with Crippen molar-refractivity contribution in [1.82, 2.24) is 5.32 Å². The Balaban J connectivity index is 0. The minimum absolute atomic E-state index is 0. The van der Waals surface area contributed by atoms with Gasteiger partial charge in [0.2, 0.25) is 0 Å². The maximum atomic E-state index is 3.66. The first-order valence-corrected chi connectivity index (χ1v) is 2.21. The third-order valence-corrected chi connectivity index (χ3v) is 0.604. The summed E-state index contributed by atoms with van der Waals surface area (Å²) in [6.07, 6.45) is 2.13. The van der Waals surface area contributed by atoms with Crippen molar-refractivity contribution >= 4 is 0 Å². The first-order chi connectivity index (χ1) is 2.91. The van der Waals surface area contributed by atoms with Crippen LogP contribution in [0.1, 0.15) is 12.8 Å². The van der Waals surface area contributed by atoms with E-state index in [0.29, 0.717) is 0 Å². The Hall–Kier alpha value is 1.01. The zero-order valence-electron chi connectivity index (χ0n) is 4.54. The van der Waals surface area contributed by atoms with Gasteiger partial charge in [-0.25, -0.2) is 0 Å². The average Bonchev–Trinajstić information content (AvgIpc) is 1.61. The minimum Gasteiger partial charge on any atom is -0.473 e. The van der Waals surface area contributed by atoms with E-state index >= 15 is 0 Å². The Morgan fingerprint density at radius 3 is 2.14 bits per heavy atom. The standard InChI is InChI=1S/C5H11N.U/c1-3-4-5-6-2;/h6H,1-5H2;/q-2;+2. The molecule has 0 spiro atoms. The monoisotopic (exact) mass is 323 g/mol. The molecule has 0 rings (SSSR count). The zero-order chi connectivity index (χ0) is 4.83. The summed E-state index contributed by atoms with van der Waals surface area (Å²) in [6.45, 7) is 4.64. The van der Waals surface area contributed by atoms with E-state index in [1.807, 2.05) is 0 Å². The van der Waals surface area contributed by atoms with Gasteiger partial charge in [-0.15, -0.1) is 0 Å². The summed E-state index contributed by atoms with van der Waals surface area (Å²) in [5.41, 5.74) is 0. The molecule has 0 unspecified atom stereocenters. The van der Waals surface area contributed by atoms with Crippen LogP contribution in [0, 0.1) is 45.1 Å². The Morgan fingerprint density at radius 1 is 1.43 bits per heavy atom. The quantitative estimate of drug-likeness (QED) is 0.603. The predicted octanol–water partition coefficient (Wildman–Crippen LogP) is 0.982. The van der Waals surface area contributed by atoms with Crippen LogP contribution in [0.5, 0.6) is 0 Å². The molecule has 7 heavy (non-hydrogen) atoms. The molecule has 0 aromatic carbocycles. The molecule has 0 radical (unpaired) electrons. The predicted molar refractivity (Wildman–Crippen MR) is 28.0 cm³/mol. The van der Waals surface area contributed by atoms with Gasteiger partial charge >= 0.3 is 31.1 Å². The van der Waals surface area contributed by atoms with Gasteiger partial charge in [0, 0.05) is 0 Å². The molecule has 0 atom stereocenters. The number of hydrogen-bond donors (Lipinski definition) is 1. The largest absolute Gasteiger partial charge is 2.00 e. The van der Waals surface area contributed by atoms with Crippen molar-refractivity contribution in [3.8, 4) is 0 Å². The van der Waals surface area contributed by atoms with E-state index in [2.05, 4.69) is 19.3 Å². The molecule has 0 fully saturated rings. The van der Waals surface area contributed by atoms with E-state index < -0.39 is 0 Å². The third-order valence-electron chi connectivity index (χ3n) is 0.604. The zero-order valence-corrected chi connectivity index (χ0v) is 8.70. The van der Waals surface area contributed by atoms with Gasteiger partial charge in [0.1, 0.15) is 0 Å². The van der Waals surface area contributed by atoms with Crippen LogP contribution in [0.2, 0.25) is 0 Å². The summed E-state index contributed by atoms with van der Waals surface area (Å²) in [6, 6.07) is 0. The molecule has 0 saturated carbocycles. The minimum atomic E-state index is 0. The molecule has 0 aliphatic heterocycles. The molecule has 40 valence electrons. The Morgan fingerprint density at radius 2 is 2.00 bits per heavy atom. The molecule has 0 aromatic rings. The fourth-order valence-corrected chi connectivity index (χ4v) is 0.250. The molecule has 2 heteroatoms. The first-order valence-electron chi connectivity index (χ1n) is 2.21. The van der Waals surface area contributed by atoms with Crippen molar-refractivity contribution in [1.29, 1.82) is 0 Å². The van der Waals surface area contributed by atoms with E-state index in [0.717, 1.165) is 19.4 Å². The van der Waals surface area contributed by atoms with Gasteiger partial charge < -0.3 is 12.2 Å². The van der Waals surface area contributed by atoms with Crippen molar-refractivity contribution in [2.24, 2.45) is 0 Å². The Labute approximate surface area is 69.6 Å². The molecule has 0 aromatic heterocycles. The second kappa shape index (κ2) is 10.1. The fraction of sp³-hybridized carbons (Fsp3) is 0.600. The Bertz CT molecular complexity index is 20.0. The van der Waals surface area contributed by atoms with Crippen molar-refractivity contribution in [2.45, 2.75) is 12.8 Å². The average molecular weight is 323 g/mol.